The van der Waals surface area contributed by atoms with Crippen LogP contribution in [0.3, 0.4) is 0 Å². The number of rotatable bonds is 12. The quantitative estimate of drug-likeness (QED) is 0.304. The average Bonchev–Trinajstić information content (AvgIpc) is 2.39. The summed E-state index contributed by atoms with van der Waals surface area (Å²) in [6.07, 6.45) is 8.08. The second-order valence-corrected chi connectivity index (χ2v) is 5.36. The van der Waals surface area contributed by atoms with Crippen molar-refractivity contribution in [3.8, 4) is 0 Å². The number of unbranched alkanes of at least 4 members (excludes halogenated alkanes) is 2. The number of carbonyl (C=O) groups is 1. The van der Waals surface area contributed by atoms with E-state index in [2.05, 4.69) is 27.4 Å². The van der Waals surface area contributed by atoms with Crippen LogP contribution >= 0.6 is 0 Å². The van der Waals surface area contributed by atoms with E-state index in [0.717, 1.165) is 31.8 Å². The standard InChI is InChI=1S/C16H30O3/c1-5-12-18-15(13-19-16(17)6-2)11-9-7-8-10-14(3)4/h6,14-15H,2,5,7-13H2,1,3-4H3. The number of hydrogen-bond donors (Lipinski definition) is 0. The van der Waals surface area contributed by atoms with Crippen molar-refractivity contribution in [2.75, 3.05) is 13.2 Å². The Balaban J connectivity index is 3.78. The summed E-state index contributed by atoms with van der Waals surface area (Å²) in [5, 5.41) is 0. The van der Waals surface area contributed by atoms with Gasteiger partial charge in [0.15, 0.2) is 0 Å². The molecule has 0 aliphatic heterocycles. The van der Waals surface area contributed by atoms with E-state index in [4.69, 9.17) is 9.47 Å². The minimum Gasteiger partial charge on any atom is -0.460 e. The second kappa shape index (κ2) is 12.2. The lowest BCUT2D eigenvalue weighted by Gasteiger charge is -2.17. The van der Waals surface area contributed by atoms with Crippen molar-refractivity contribution in [2.45, 2.75) is 65.4 Å². The van der Waals surface area contributed by atoms with Crippen LogP contribution in [0.2, 0.25) is 0 Å². The molecule has 0 heterocycles. The SMILES string of the molecule is C=CC(=O)OCC(CCCCCC(C)C)OCCC. The fourth-order valence-corrected chi connectivity index (χ4v) is 1.83. The van der Waals surface area contributed by atoms with Gasteiger partial charge in [-0.1, -0.05) is 53.0 Å². The van der Waals surface area contributed by atoms with Crippen LogP contribution in [0.5, 0.6) is 0 Å². The lowest BCUT2D eigenvalue weighted by atomic mass is 10.0. The smallest absolute Gasteiger partial charge is 0.330 e. The predicted molar refractivity (Wildman–Crippen MR) is 79.1 cm³/mol. The van der Waals surface area contributed by atoms with E-state index in [1.54, 1.807) is 0 Å². The molecule has 0 aliphatic rings. The molecule has 0 fully saturated rings. The van der Waals surface area contributed by atoms with E-state index in [0.29, 0.717) is 6.61 Å². The third-order valence-electron chi connectivity index (χ3n) is 2.94. The number of esters is 1. The van der Waals surface area contributed by atoms with Crippen LogP contribution in [0.25, 0.3) is 0 Å². The van der Waals surface area contributed by atoms with Gasteiger partial charge in [0.1, 0.15) is 6.61 Å². The Morgan fingerprint density at radius 1 is 1.21 bits per heavy atom. The number of hydrogen-bond acceptors (Lipinski definition) is 3. The summed E-state index contributed by atoms with van der Waals surface area (Å²) in [5.74, 6) is 0.408. The molecule has 19 heavy (non-hydrogen) atoms. The van der Waals surface area contributed by atoms with Crippen molar-refractivity contribution in [1.29, 1.82) is 0 Å². The first-order valence-electron chi connectivity index (χ1n) is 7.50. The lowest BCUT2D eigenvalue weighted by molar-refractivity contribution is -0.142. The minimum absolute atomic E-state index is 0.0305. The third-order valence-corrected chi connectivity index (χ3v) is 2.94. The van der Waals surface area contributed by atoms with Crippen molar-refractivity contribution < 1.29 is 14.3 Å². The molecule has 1 unspecified atom stereocenters. The summed E-state index contributed by atoms with van der Waals surface area (Å²) in [4.78, 5) is 11.0. The van der Waals surface area contributed by atoms with E-state index < -0.39 is 0 Å². The van der Waals surface area contributed by atoms with Crippen LogP contribution in [-0.4, -0.2) is 25.3 Å². The van der Waals surface area contributed by atoms with Crippen LogP contribution < -0.4 is 0 Å². The van der Waals surface area contributed by atoms with Crippen molar-refractivity contribution in [2.24, 2.45) is 5.92 Å². The first kappa shape index (κ1) is 18.2. The van der Waals surface area contributed by atoms with E-state index in [9.17, 15) is 4.79 Å². The summed E-state index contributed by atoms with van der Waals surface area (Å²) in [6, 6.07) is 0. The van der Waals surface area contributed by atoms with Gasteiger partial charge in [-0.25, -0.2) is 4.79 Å². The van der Waals surface area contributed by atoms with Gasteiger partial charge < -0.3 is 9.47 Å². The van der Waals surface area contributed by atoms with Crippen molar-refractivity contribution in [3.05, 3.63) is 12.7 Å². The molecule has 0 spiro atoms. The molecule has 0 saturated carbocycles. The monoisotopic (exact) mass is 270 g/mol. The van der Waals surface area contributed by atoms with E-state index in [1.807, 2.05) is 0 Å². The second-order valence-electron chi connectivity index (χ2n) is 5.36. The Bertz CT molecular complexity index is 236. The molecule has 3 nitrogen and oxygen atoms in total. The third kappa shape index (κ3) is 12.0. The van der Waals surface area contributed by atoms with E-state index >= 15 is 0 Å². The largest absolute Gasteiger partial charge is 0.460 e. The highest BCUT2D eigenvalue weighted by molar-refractivity contribution is 5.81. The van der Waals surface area contributed by atoms with Gasteiger partial charge in [-0.15, -0.1) is 0 Å². The minimum atomic E-state index is -0.370. The van der Waals surface area contributed by atoms with Crippen LogP contribution in [-0.2, 0) is 14.3 Å². The van der Waals surface area contributed by atoms with Crippen LogP contribution in [0.15, 0.2) is 12.7 Å². The van der Waals surface area contributed by atoms with Crippen molar-refractivity contribution in [1.82, 2.24) is 0 Å². The molecule has 112 valence electrons. The molecular formula is C16H30O3. The Labute approximate surface area is 118 Å². The maximum atomic E-state index is 11.0. The maximum Gasteiger partial charge on any atom is 0.330 e. The fourth-order valence-electron chi connectivity index (χ4n) is 1.83. The summed E-state index contributed by atoms with van der Waals surface area (Å²) in [5.41, 5.74) is 0. The first-order valence-corrected chi connectivity index (χ1v) is 7.50. The van der Waals surface area contributed by atoms with Gasteiger partial charge in [-0.2, -0.15) is 0 Å². The molecule has 0 N–H and O–H groups in total. The topological polar surface area (TPSA) is 35.5 Å². The summed E-state index contributed by atoms with van der Waals surface area (Å²) in [7, 11) is 0. The summed E-state index contributed by atoms with van der Waals surface area (Å²) in [6.45, 7) is 11.0. The molecule has 0 aromatic heterocycles. The Kier molecular flexibility index (Phi) is 11.7. The molecule has 0 aromatic carbocycles. The lowest BCUT2D eigenvalue weighted by Crippen LogP contribution is -2.22. The highest BCUT2D eigenvalue weighted by Gasteiger charge is 2.11. The highest BCUT2D eigenvalue weighted by atomic mass is 16.6. The molecule has 0 aliphatic carbocycles. The Morgan fingerprint density at radius 3 is 2.47 bits per heavy atom. The zero-order valence-electron chi connectivity index (χ0n) is 12.8. The zero-order chi connectivity index (χ0) is 14.5. The summed E-state index contributed by atoms with van der Waals surface area (Å²) < 4.78 is 10.8. The van der Waals surface area contributed by atoms with Gasteiger partial charge in [0.2, 0.25) is 0 Å². The van der Waals surface area contributed by atoms with Crippen LogP contribution in [0.4, 0.5) is 0 Å². The Hall–Kier alpha value is -0.830. The highest BCUT2D eigenvalue weighted by Crippen LogP contribution is 2.12. The molecule has 0 saturated heterocycles. The molecule has 0 amide bonds. The maximum absolute atomic E-state index is 11.0. The van der Waals surface area contributed by atoms with Crippen LogP contribution in [0, 0.1) is 5.92 Å². The number of carbonyl (C=O) groups excluding carboxylic acids is 1. The molecule has 1 atom stereocenters. The van der Waals surface area contributed by atoms with Gasteiger partial charge in [0, 0.05) is 12.7 Å². The first-order chi connectivity index (χ1) is 9.10. The average molecular weight is 270 g/mol. The van der Waals surface area contributed by atoms with Crippen molar-refractivity contribution >= 4 is 5.97 Å². The molecule has 0 aromatic rings. The van der Waals surface area contributed by atoms with Gasteiger partial charge in [0.05, 0.1) is 6.10 Å². The summed E-state index contributed by atoms with van der Waals surface area (Å²) >= 11 is 0. The van der Waals surface area contributed by atoms with Gasteiger partial charge in [0.25, 0.3) is 0 Å². The number of ether oxygens (including phenoxy) is 2. The van der Waals surface area contributed by atoms with Gasteiger partial charge >= 0.3 is 5.97 Å². The Morgan fingerprint density at radius 2 is 1.89 bits per heavy atom. The normalized spacial score (nSPS) is 12.4. The van der Waals surface area contributed by atoms with Gasteiger partial charge in [-0.05, 0) is 18.8 Å². The van der Waals surface area contributed by atoms with E-state index in [1.165, 1.54) is 25.3 Å². The molecule has 3 heteroatoms. The van der Waals surface area contributed by atoms with Gasteiger partial charge in [-0.3, -0.25) is 0 Å². The predicted octanol–water partition coefficient (Wildman–Crippen LogP) is 4.12. The van der Waals surface area contributed by atoms with Crippen LogP contribution in [0.1, 0.15) is 59.3 Å². The fraction of sp³-hybridized carbons (Fsp3) is 0.812. The molecule has 0 radical (unpaired) electrons. The zero-order valence-corrected chi connectivity index (χ0v) is 12.8. The molecule has 0 rings (SSSR count). The molecular weight excluding hydrogens is 240 g/mol. The van der Waals surface area contributed by atoms with Crippen molar-refractivity contribution in [3.63, 3.8) is 0 Å². The van der Waals surface area contributed by atoms with E-state index in [-0.39, 0.29) is 12.1 Å². The molecule has 0 bridgehead atoms.